The molecule has 0 saturated carbocycles. The summed E-state index contributed by atoms with van der Waals surface area (Å²) < 4.78 is 5.39. The number of benzene rings is 2. The molecule has 142 valence electrons. The number of methoxy groups -OCH3 is 1. The van der Waals surface area contributed by atoms with Crippen LogP contribution in [0.5, 0.6) is 5.75 Å². The van der Waals surface area contributed by atoms with Crippen LogP contribution in [0.15, 0.2) is 53.5 Å². The lowest BCUT2D eigenvalue weighted by molar-refractivity contribution is 0.410. The molecule has 0 fully saturated rings. The van der Waals surface area contributed by atoms with Gasteiger partial charge in [-0.1, -0.05) is 30.3 Å². The smallest absolute Gasteiger partial charge is 0.191 e. The fraction of sp³-hybridized carbons (Fsp3) is 0.333. The molecule has 0 aliphatic rings. The predicted octanol–water partition coefficient (Wildman–Crippen LogP) is 3.26. The summed E-state index contributed by atoms with van der Waals surface area (Å²) in [5, 5.41) is 6.67. The van der Waals surface area contributed by atoms with Crippen LogP contribution in [0.4, 0.5) is 0 Å². The van der Waals surface area contributed by atoms with Gasteiger partial charge in [0.25, 0.3) is 0 Å². The highest BCUT2D eigenvalue weighted by molar-refractivity contribution is 5.79. The van der Waals surface area contributed by atoms with Crippen molar-refractivity contribution in [2.24, 2.45) is 4.99 Å². The third kappa shape index (κ3) is 5.23. The van der Waals surface area contributed by atoms with Crippen molar-refractivity contribution in [2.45, 2.75) is 26.3 Å². The molecule has 6 heteroatoms. The van der Waals surface area contributed by atoms with Gasteiger partial charge in [0.05, 0.1) is 24.7 Å². The third-order valence-electron chi connectivity index (χ3n) is 4.27. The largest absolute Gasteiger partial charge is 0.496 e. The Bertz CT molecular complexity index is 854. The van der Waals surface area contributed by atoms with Crippen LogP contribution < -0.4 is 15.4 Å². The lowest BCUT2D eigenvalue weighted by Gasteiger charge is -2.12. The van der Waals surface area contributed by atoms with Crippen molar-refractivity contribution in [1.82, 2.24) is 20.6 Å². The maximum absolute atomic E-state index is 5.39. The van der Waals surface area contributed by atoms with Crippen molar-refractivity contribution >= 4 is 17.0 Å². The average Bonchev–Trinajstić information content (AvgIpc) is 3.12. The van der Waals surface area contributed by atoms with Gasteiger partial charge in [-0.25, -0.2) is 9.98 Å². The zero-order chi connectivity index (χ0) is 18.9. The standard InChI is InChI=1S/C21H27N5O/c1-3-22-21(24-15-16-9-4-7-12-19(16)27-2)23-14-8-13-20-25-17-10-5-6-11-18(17)26-20/h4-7,9-12H,3,8,13-15H2,1-2H3,(H,25,26)(H2,22,23,24). The van der Waals surface area contributed by atoms with Crippen LogP contribution in [-0.2, 0) is 13.0 Å². The number of aromatic nitrogens is 2. The SMILES string of the molecule is CCNC(=NCc1ccccc1OC)NCCCc1nc2ccccc2[nH]1. The number of nitrogens with zero attached hydrogens (tertiary/aromatic N) is 2. The highest BCUT2D eigenvalue weighted by Gasteiger charge is 2.04. The molecule has 27 heavy (non-hydrogen) atoms. The Morgan fingerprint density at radius 2 is 1.93 bits per heavy atom. The van der Waals surface area contributed by atoms with Crippen molar-refractivity contribution in [1.29, 1.82) is 0 Å². The van der Waals surface area contributed by atoms with E-state index in [1.165, 1.54) is 0 Å². The lowest BCUT2D eigenvalue weighted by atomic mass is 10.2. The fourth-order valence-corrected chi connectivity index (χ4v) is 2.93. The highest BCUT2D eigenvalue weighted by atomic mass is 16.5. The molecule has 0 amide bonds. The topological polar surface area (TPSA) is 74.3 Å². The second kappa shape index (κ2) is 9.62. The number of aromatic amines is 1. The number of nitrogens with one attached hydrogen (secondary N) is 3. The predicted molar refractivity (Wildman–Crippen MR) is 110 cm³/mol. The van der Waals surface area contributed by atoms with Crippen LogP contribution >= 0.6 is 0 Å². The maximum atomic E-state index is 5.39. The van der Waals surface area contributed by atoms with E-state index in [2.05, 4.69) is 38.6 Å². The van der Waals surface area contributed by atoms with Crippen LogP contribution in [-0.4, -0.2) is 36.1 Å². The number of guanidine groups is 1. The highest BCUT2D eigenvalue weighted by Crippen LogP contribution is 2.17. The zero-order valence-electron chi connectivity index (χ0n) is 16.0. The number of H-pyrrole nitrogens is 1. The molecule has 0 unspecified atom stereocenters. The monoisotopic (exact) mass is 365 g/mol. The minimum atomic E-state index is 0.572. The van der Waals surface area contributed by atoms with Gasteiger partial charge in [0.15, 0.2) is 5.96 Å². The van der Waals surface area contributed by atoms with Gasteiger partial charge in [-0.2, -0.15) is 0 Å². The molecule has 1 heterocycles. The van der Waals surface area contributed by atoms with Crippen LogP contribution in [0.25, 0.3) is 11.0 Å². The van der Waals surface area contributed by atoms with Gasteiger partial charge in [0.2, 0.25) is 0 Å². The molecule has 0 bridgehead atoms. The van der Waals surface area contributed by atoms with Crippen molar-refractivity contribution in [3.63, 3.8) is 0 Å². The Labute approximate surface area is 160 Å². The van der Waals surface area contributed by atoms with Gasteiger partial charge < -0.3 is 20.4 Å². The summed E-state index contributed by atoms with van der Waals surface area (Å²) in [6, 6.07) is 16.1. The number of aryl methyl sites for hydroxylation is 1. The molecule has 3 N–H and O–H groups in total. The summed E-state index contributed by atoms with van der Waals surface area (Å²) in [5.41, 5.74) is 3.18. The van der Waals surface area contributed by atoms with Crippen LogP contribution in [0.3, 0.4) is 0 Å². The minimum Gasteiger partial charge on any atom is -0.496 e. The van der Waals surface area contributed by atoms with E-state index in [1.807, 2.05) is 42.5 Å². The molecule has 0 aliphatic carbocycles. The maximum Gasteiger partial charge on any atom is 0.191 e. The van der Waals surface area contributed by atoms with Gasteiger partial charge in [0.1, 0.15) is 11.6 Å². The molecular formula is C21H27N5O. The molecule has 0 atom stereocenters. The van der Waals surface area contributed by atoms with E-state index in [-0.39, 0.29) is 0 Å². The van der Waals surface area contributed by atoms with E-state index >= 15 is 0 Å². The van der Waals surface area contributed by atoms with E-state index in [9.17, 15) is 0 Å². The summed E-state index contributed by atoms with van der Waals surface area (Å²) in [4.78, 5) is 12.6. The second-order valence-corrected chi connectivity index (χ2v) is 6.24. The summed E-state index contributed by atoms with van der Waals surface area (Å²) in [5.74, 6) is 2.70. The number of rotatable bonds is 8. The van der Waals surface area contributed by atoms with Crippen LogP contribution in [0, 0.1) is 0 Å². The van der Waals surface area contributed by atoms with Crippen molar-refractivity contribution in [2.75, 3.05) is 20.2 Å². The quantitative estimate of drug-likeness (QED) is 0.325. The van der Waals surface area contributed by atoms with Crippen molar-refractivity contribution < 1.29 is 4.74 Å². The fourth-order valence-electron chi connectivity index (χ4n) is 2.93. The number of para-hydroxylation sites is 3. The Morgan fingerprint density at radius 1 is 1.11 bits per heavy atom. The first-order chi connectivity index (χ1) is 13.3. The molecule has 6 nitrogen and oxygen atoms in total. The lowest BCUT2D eigenvalue weighted by Crippen LogP contribution is -2.37. The van der Waals surface area contributed by atoms with E-state index < -0.39 is 0 Å². The van der Waals surface area contributed by atoms with Crippen molar-refractivity contribution in [3.05, 3.63) is 59.9 Å². The molecule has 0 radical (unpaired) electrons. The first-order valence-electron chi connectivity index (χ1n) is 9.38. The van der Waals surface area contributed by atoms with Crippen LogP contribution in [0.2, 0.25) is 0 Å². The van der Waals surface area contributed by atoms with Crippen molar-refractivity contribution in [3.8, 4) is 5.75 Å². The summed E-state index contributed by atoms with van der Waals surface area (Å²) in [6.45, 7) is 4.29. The number of ether oxygens (including phenoxy) is 1. The summed E-state index contributed by atoms with van der Waals surface area (Å²) >= 11 is 0. The van der Waals surface area contributed by atoms with Gasteiger partial charge >= 0.3 is 0 Å². The second-order valence-electron chi connectivity index (χ2n) is 6.24. The summed E-state index contributed by atoms with van der Waals surface area (Å²) in [7, 11) is 1.68. The zero-order valence-corrected chi connectivity index (χ0v) is 16.0. The van der Waals surface area contributed by atoms with Gasteiger partial charge in [-0.15, -0.1) is 0 Å². The van der Waals surface area contributed by atoms with Crippen LogP contribution in [0.1, 0.15) is 24.7 Å². The molecule has 0 spiro atoms. The Kier molecular flexibility index (Phi) is 6.68. The Morgan fingerprint density at radius 3 is 2.74 bits per heavy atom. The first kappa shape index (κ1) is 18.8. The van der Waals surface area contributed by atoms with E-state index in [1.54, 1.807) is 7.11 Å². The Hall–Kier alpha value is -3.02. The van der Waals surface area contributed by atoms with E-state index in [4.69, 9.17) is 4.74 Å². The average molecular weight is 365 g/mol. The molecule has 3 rings (SSSR count). The normalized spacial score (nSPS) is 11.6. The third-order valence-corrected chi connectivity index (χ3v) is 4.27. The molecule has 1 aromatic heterocycles. The number of fused-ring (bicyclic) bond motifs is 1. The van der Waals surface area contributed by atoms with E-state index in [0.29, 0.717) is 6.54 Å². The number of imidazole rings is 1. The Balaban J connectivity index is 1.51. The number of hydrogen-bond acceptors (Lipinski definition) is 3. The first-order valence-corrected chi connectivity index (χ1v) is 9.38. The van der Waals surface area contributed by atoms with Gasteiger partial charge in [-0.05, 0) is 31.5 Å². The molecule has 0 aliphatic heterocycles. The molecule has 2 aromatic carbocycles. The molecule has 0 saturated heterocycles. The summed E-state index contributed by atoms with van der Waals surface area (Å²) in [6.07, 6.45) is 1.87. The van der Waals surface area contributed by atoms with Gasteiger partial charge in [0, 0.05) is 25.1 Å². The minimum absolute atomic E-state index is 0.572. The number of hydrogen-bond donors (Lipinski definition) is 3. The van der Waals surface area contributed by atoms with Gasteiger partial charge in [-0.3, -0.25) is 0 Å². The molecule has 3 aromatic rings. The van der Waals surface area contributed by atoms with E-state index in [0.717, 1.165) is 60.1 Å². The molecular weight excluding hydrogens is 338 g/mol. The number of aliphatic imine (C=N–C) groups is 1.